The summed E-state index contributed by atoms with van der Waals surface area (Å²) in [5.41, 5.74) is 2.19. The van der Waals surface area contributed by atoms with Crippen LogP contribution in [-0.4, -0.2) is 11.1 Å². The summed E-state index contributed by atoms with van der Waals surface area (Å²) in [5, 5.41) is 13.5. The van der Waals surface area contributed by atoms with Crippen LogP contribution in [0.4, 0.5) is 0 Å². The van der Waals surface area contributed by atoms with Gasteiger partial charge in [0.2, 0.25) is 0 Å². The zero-order valence-corrected chi connectivity index (χ0v) is 11.5. The Morgan fingerprint density at radius 2 is 2.00 bits per heavy atom. The highest BCUT2D eigenvalue weighted by Gasteiger charge is 2.14. The molecule has 0 heterocycles. The maximum Gasteiger partial charge on any atom is 0.120 e. The van der Waals surface area contributed by atoms with E-state index in [1.165, 1.54) is 18.4 Å². The number of phenols is 1. The third-order valence-corrected chi connectivity index (χ3v) is 3.27. The summed E-state index contributed by atoms with van der Waals surface area (Å²) < 4.78 is 0. The standard InChI is InChI=1S/C15H25NO/c1-5-7-13(6-2)16-12(4)14-10-11(3)8-9-15(14)17/h8-10,12-13,16-17H,5-7H2,1-4H3. The molecule has 0 spiro atoms. The maximum atomic E-state index is 9.88. The lowest BCUT2D eigenvalue weighted by molar-refractivity contribution is 0.401. The molecule has 2 nitrogen and oxygen atoms in total. The van der Waals surface area contributed by atoms with Crippen molar-refractivity contribution in [3.8, 4) is 5.75 Å². The summed E-state index contributed by atoms with van der Waals surface area (Å²) in [7, 11) is 0. The van der Waals surface area contributed by atoms with Gasteiger partial charge in [-0.2, -0.15) is 0 Å². The van der Waals surface area contributed by atoms with Crippen LogP contribution in [0, 0.1) is 6.92 Å². The molecule has 0 fully saturated rings. The lowest BCUT2D eigenvalue weighted by Gasteiger charge is -2.23. The largest absolute Gasteiger partial charge is 0.508 e. The predicted octanol–water partition coefficient (Wildman–Crippen LogP) is 3.93. The number of aryl methyl sites for hydroxylation is 1. The molecule has 0 aliphatic carbocycles. The minimum atomic E-state index is 0.200. The predicted molar refractivity (Wildman–Crippen MR) is 73.4 cm³/mol. The summed E-state index contributed by atoms with van der Waals surface area (Å²) >= 11 is 0. The number of hydrogen-bond donors (Lipinski definition) is 2. The molecule has 1 aromatic rings. The summed E-state index contributed by atoms with van der Waals surface area (Å²) in [6.07, 6.45) is 3.51. The van der Waals surface area contributed by atoms with Crippen molar-refractivity contribution in [3.05, 3.63) is 29.3 Å². The van der Waals surface area contributed by atoms with E-state index in [9.17, 15) is 5.11 Å². The van der Waals surface area contributed by atoms with Gasteiger partial charge in [0.15, 0.2) is 0 Å². The van der Waals surface area contributed by atoms with Crippen LogP contribution in [-0.2, 0) is 0 Å². The second kappa shape index (κ2) is 6.65. The van der Waals surface area contributed by atoms with E-state index in [-0.39, 0.29) is 6.04 Å². The molecule has 0 aliphatic heterocycles. The molecular weight excluding hydrogens is 210 g/mol. The maximum absolute atomic E-state index is 9.88. The molecular formula is C15H25NO. The van der Waals surface area contributed by atoms with Crippen molar-refractivity contribution >= 4 is 0 Å². The Kier molecular flexibility index (Phi) is 5.49. The van der Waals surface area contributed by atoms with Gasteiger partial charge in [0.25, 0.3) is 0 Å². The Balaban J connectivity index is 2.74. The van der Waals surface area contributed by atoms with Gasteiger partial charge in [0.1, 0.15) is 5.75 Å². The van der Waals surface area contributed by atoms with Crippen LogP contribution in [0.5, 0.6) is 5.75 Å². The average Bonchev–Trinajstić information content (AvgIpc) is 2.31. The Hall–Kier alpha value is -1.02. The van der Waals surface area contributed by atoms with E-state index in [1.54, 1.807) is 6.07 Å². The van der Waals surface area contributed by atoms with E-state index < -0.39 is 0 Å². The number of aromatic hydroxyl groups is 1. The van der Waals surface area contributed by atoms with E-state index >= 15 is 0 Å². The Bertz CT molecular complexity index is 349. The first kappa shape index (κ1) is 14.0. The lowest BCUT2D eigenvalue weighted by atomic mass is 10.0. The van der Waals surface area contributed by atoms with Crippen molar-refractivity contribution in [2.45, 2.75) is 59.0 Å². The fourth-order valence-corrected chi connectivity index (χ4v) is 2.22. The molecule has 2 unspecified atom stereocenters. The Morgan fingerprint density at radius 3 is 2.59 bits per heavy atom. The van der Waals surface area contributed by atoms with Gasteiger partial charge in [0.05, 0.1) is 0 Å². The van der Waals surface area contributed by atoms with Crippen LogP contribution in [0.2, 0.25) is 0 Å². The molecule has 0 amide bonds. The van der Waals surface area contributed by atoms with Crippen LogP contribution in [0.15, 0.2) is 18.2 Å². The molecule has 0 aromatic heterocycles. The molecule has 0 saturated carbocycles. The topological polar surface area (TPSA) is 32.3 Å². The molecule has 2 atom stereocenters. The fourth-order valence-electron chi connectivity index (χ4n) is 2.22. The van der Waals surface area contributed by atoms with Crippen molar-refractivity contribution in [2.75, 3.05) is 0 Å². The summed E-state index contributed by atoms with van der Waals surface area (Å²) in [6, 6.07) is 6.52. The van der Waals surface area contributed by atoms with Gasteiger partial charge in [-0.3, -0.25) is 0 Å². The third-order valence-electron chi connectivity index (χ3n) is 3.27. The van der Waals surface area contributed by atoms with Crippen LogP contribution >= 0.6 is 0 Å². The van der Waals surface area contributed by atoms with E-state index in [0.717, 1.165) is 12.0 Å². The molecule has 2 heteroatoms. The molecule has 1 rings (SSSR count). The van der Waals surface area contributed by atoms with Gasteiger partial charge < -0.3 is 10.4 Å². The van der Waals surface area contributed by atoms with E-state index in [0.29, 0.717) is 11.8 Å². The van der Waals surface area contributed by atoms with Gasteiger partial charge in [0, 0.05) is 17.6 Å². The molecule has 1 aromatic carbocycles. The number of benzene rings is 1. The van der Waals surface area contributed by atoms with Gasteiger partial charge >= 0.3 is 0 Å². The first-order chi connectivity index (χ1) is 8.08. The first-order valence-corrected chi connectivity index (χ1v) is 6.64. The highest BCUT2D eigenvalue weighted by Crippen LogP contribution is 2.25. The Labute approximate surface area is 105 Å². The summed E-state index contributed by atoms with van der Waals surface area (Å²) in [5.74, 6) is 0.391. The smallest absolute Gasteiger partial charge is 0.120 e. The number of phenolic OH excluding ortho intramolecular Hbond substituents is 1. The van der Waals surface area contributed by atoms with Crippen molar-refractivity contribution in [2.24, 2.45) is 0 Å². The quantitative estimate of drug-likeness (QED) is 0.783. The highest BCUT2D eigenvalue weighted by atomic mass is 16.3. The van der Waals surface area contributed by atoms with E-state index in [1.807, 2.05) is 6.07 Å². The summed E-state index contributed by atoms with van der Waals surface area (Å²) in [4.78, 5) is 0. The minimum Gasteiger partial charge on any atom is -0.508 e. The number of hydrogen-bond acceptors (Lipinski definition) is 2. The van der Waals surface area contributed by atoms with Crippen molar-refractivity contribution in [1.82, 2.24) is 5.32 Å². The van der Waals surface area contributed by atoms with Crippen LogP contribution in [0.3, 0.4) is 0 Å². The Morgan fingerprint density at radius 1 is 1.29 bits per heavy atom. The molecule has 0 radical (unpaired) electrons. The number of rotatable bonds is 6. The van der Waals surface area contributed by atoms with Gasteiger partial charge in [-0.25, -0.2) is 0 Å². The normalized spacial score (nSPS) is 14.6. The van der Waals surface area contributed by atoms with E-state index in [4.69, 9.17) is 0 Å². The zero-order valence-electron chi connectivity index (χ0n) is 11.5. The van der Waals surface area contributed by atoms with Gasteiger partial charge in [-0.05, 0) is 32.8 Å². The average molecular weight is 235 g/mol. The second-order valence-corrected chi connectivity index (χ2v) is 4.84. The monoisotopic (exact) mass is 235 g/mol. The zero-order chi connectivity index (χ0) is 12.8. The highest BCUT2D eigenvalue weighted by molar-refractivity contribution is 5.37. The molecule has 2 N–H and O–H groups in total. The molecule has 0 saturated heterocycles. The summed E-state index contributed by atoms with van der Waals surface area (Å²) in [6.45, 7) is 8.58. The second-order valence-electron chi connectivity index (χ2n) is 4.84. The van der Waals surface area contributed by atoms with Crippen LogP contribution < -0.4 is 5.32 Å². The van der Waals surface area contributed by atoms with Gasteiger partial charge in [-0.15, -0.1) is 0 Å². The van der Waals surface area contributed by atoms with Crippen molar-refractivity contribution < 1.29 is 5.11 Å². The molecule has 96 valence electrons. The minimum absolute atomic E-state index is 0.200. The van der Waals surface area contributed by atoms with Crippen molar-refractivity contribution in [3.63, 3.8) is 0 Å². The number of nitrogens with one attached hydrogen (secondary N) is 1. The molecule has 17 heavy (non-hydrogen) atoms. The van der Waals surface area contributed by atoms with Gasteiger partial charge in [-0.1, -0.05) is 38.0 Å². The van der Waals surface area contributed by atoms with Crippen molar-refractivity contribution in [1.29, 1.82) is 0 Å². The molecule has 0 bridgehead atoms. The lowest BCUT2D eigenvalue weighted by Crippen LogP contribution is -2.30. The molecule has 0 aliphatic rings. The third kappa shape index (κ3) is 4.04. The fraction of sp³-hybridized carbons (Fsp3) is 0.600. The van der Waals surface area contributed by atoms with E-state index in [2.05, 4.69) is 39.1 Å². The van der Waals surface area contributed by atoms with Crippen LogP contribution in [0.25, 0.3) is 0 Å². The first-order valence-electron chi connectivity index (χ1n) is 6.64. The van der Waals surface area contributed by atoms with Crippen LogP contribution in [0.1, 0.15) is 57.2 Å². The SMILES string of the molecule is CCCC(CC)NC(C)c1cc(C)ccc1O.